The van der Waals surface area contributed by atoms with Crippen LogP contribution in [0.1, 0.15) is 19.3 Å². The highest BCUT2D eigenvalue weighted by atomic mass is 32.2. The molecule has 0 saturated carbocycles. The van der Waals surface area contributed by atoms with E-state index in [0.717, 1.165) is 10.7 Å². The number of anilines is 1. The van der Waals surface area contributed by atoms with Crippen LogP contribution < -0.4 is 4.72 Å². The summed E-state index contributed by atoms with van der Waals surface area (Å²) in [7, 11) is -4.08. The van der Waals surface area contributed by atoms with E-state index in [1.165, 1.54) is 0 Å². The maximum atomic E-state index is 13.1. The number of hydrogen-bond acceptors (Lipinski definition) is 3. The minimum atomic E-state index is -4.08. The first-order chi connectivity index (χ1) is 9.85. The van der Waals surface area contributed by atoms with Crippen molar-refractivity contribution in [2.75, 3.05) is 17.9 Å². The molecule has 0 radical (unpaired) electrons. The molecule has 0 spiro atoms. The lowest BCUT2D eigenvalue weighted by Gasteiger charge is -2.33. The van der Waals surface area contributed by atoms with Crippen LogP contribution in [0.15, 0.2) is 12.1 Å². The summed E-state index contributed by atoms with van der Waals surface area (Å²) in [5.41, 5.74) is -0.409. The van der Waals surface area contributed by atoms with Crippen LogP contribution in [0.3, 0.4) is 0 Å². The molecule has 5 nitrogen and oxygen atoms in total. The lowest BCUT2D eigenvalue weighted by molar-refractivity contribution is 0.156. The molecule has 9 heteroatoms. The molecule has 1 heterocycles. The Morgan fingerprint density at radius 1 is 1.24 bits per heavy atom. The van der Waals surface area contributed by atoms with E-state index in [-0.39, 0.29) is 13.2 Å². The van der Waals surface area contributed by atoms with E-state index in [1.807, 2.05) is 4.72 Å². The summed E-state index contributed by atoms with van der Waals surface area (Å²) in [6.07, 6.45) is 1.92. The maximum Gasteiger partial charge on any atom is 0.301 e. The number of benzene rings is 1. The Labute approximate surface area is 120 Å². The van der Waals surface area contributed by atoms with Gasteiger partial charge in [-0.05, 0) is 12.8 Å². The molecule has 1 atom stereocenters. The van der Waals surface area contributed by atoms with E-state index < -0.39 is 39.4 Å². The second-order valence-corrected chi connectivity index (χ2v) is 6.43. The Hall–Kier alpha value is -1.32. The lowest BCUT2D eigenvalue weighted by Crippen LogP contribution is -2.47. The summed E-state index contributed by atoms with van der Waals surface area (Å²) in [5.74, 6) is -4.63. The number of aliphatic hydroxyl groups is 1. The van der Waals surface area contributed by atoms with E-state index in [0.29, 0.717) is 25.0 Å². The zero-order chi connectivity index (χ0) is 15.6. The van der Waals surface area contributed by atoms with Crippen LogP contribution in [0.4, 0.5) is 18.9 Å². The molecule has 0 aromatic heterocycles. The van der Waals surface area contributed by atoms with Gasteiger partial charge in [0, 0.05) is 24.7 Å². The fraction of sp³-hybridized carbons (Fsp3) is 0.500. The summed E-state index contributed by atoms with van der Waals surface area (Å²) >= 11 is 0. The predicted molar refractivity (Wildman–Crippen MR) is 70.3 cm³/mol. The summed E-state index contributed by atoms with van der Waals surface area (Å²) in [6.45, 7) is -0.139. The van der Waals surface area contributed by atoms with Crippen molar-refractivity contribution in [1.82, 2.24) is 4.31 Å². The molecule has 1 aromatic rings. The van der Waals surface area contributed by atoms with Gasteiger partial charge in [0.1, 0.15) is 0 Å². The van der Waals surface area contributed by atoms with E-state index >= 15 is 0 Å². The Morgan fingerprint density at radius 3 is 2.43 bits per heavy atom. The van der Waals surface area contributed by atoms with Crippen LogP contribution in [-0.2, 0) is 10.2 Å². The molecule has 2 N–H and O–H groups in total. The second kappa shape index (κ2) is 6.20. The zero-order valence-corrected chi connectivity index (χ0v) is 11.8. The molecule has 0 bridgehead atoms. The van der Waals surface area contributed by atoms with Gasteiger partial charge in [-0.2, -0.15) is 12.7 Å². The fourth-order valence-corrected chi connectivity index (χ4v) is 3.76. The van der Waals surface area contributed by atoms with Crippen molar-refractivity contribution >= 4 is 15.9 Å². The number of rotatable bonds is 4. The van der Waals surface area contributed by atoms with Crippen molar-refractivity contribution in [3.63, 3.8) is 0 Å². The minimum absolute atomic E-state index is 0.201. The first-order valence-corrected chi connectivity index (χ1v) is 7.84. The van der Waals surface area contributed by atoms with Gasteiger partial charge < -0.3 is 5.11 Å². The number of halogens is 3. The van der Waals surface area contributed by atoms with Crippen LogP contribution >= 0.6 is 0 Å². The highest BCUT2D eigenvalue weighted by Gasteiger charge is 2.32. The average molecular weight is 324 g/mol. The molecule has 0 aliphatic carbocycles. The predicted octanol–water partition coefficient (Wildman–Crippen LogP) is 1.61. The summed E-state index contributed by atoms with van der Waals surface area (Å²) in [5, 5.41) is 9.21. The lowest BCUT2D eigenvalue weighted by atomic mass is 10.1. The fourth-order valence-electron chi connectivity index (χ4n) is 2.29. The van der Waals surface area contributed by atoms with Crippen molar-refractivity contribution in [3.8, 4) is 0 Å². The van der Waals surface area contributed by atoms with E-state index in [9.17, 15) is 26.7 Å². The monoisotopic (exact) mass is 324 g/mol. The van der Waals surface area contributed by atoms with E-state index in [4.69, 9.17) is 0 Å². The first kappa shape index (κ1) is 16.1. The van der Waals surface area contributed by atoms with Gasteiger partial charge in [-0.25, -0.2) is 13.2 Å². The summed E-state index contributed by atoms with van der Waals surface area (Å²) < 4.78 is 66.5. The molecule has 1 aromatic carbocycles. The normalized spacial score (nSPS) is 20.5. The van der Waals surface area contributed by atoms with Crippen LogP contribution in [0.5, 0.6) is 0 Å². The molecule has 1 aliphatic heterocycles. The topological polar surface area (TPSA) is 69.6 Å². The average Bonchev–Trinajstić information content (AvgIpc) is 2.44. The first-order valence-electron chi connectivity index (χ1n) is 6.40. The maximum absolute atomic E-state index is 13.1. The second-order valence-electron chi connectivity index (χ2n) is 4.80. The van der Waals surface area contributed by atoms with Gasteiger partial charge >= 0.3 is 10.2 Å². The number of nitrogens with zero attached hydrogens (tertiary/aromatic N) is 1. The van der Waals surface area contributed by atoms with Gasteiger partial charge in [0.25, 0.3) is 0 Å². The van der Waals surface area contributed by atoms with Gasteiger partial charge in [-0.3, -0.25) is 4.72 Å². The minimum Gasteiger partial charge on any atom is -0.395 e. The van der Waals surface area contributed by atoms with Crippen molar-refractivity contribution in [2.24, 2.45) is 0 Å². The molecule has 0 amide bonds. The standard InChI is InChI=1S/C12H15F3N2O3S/c13-10-5-8(6-11(14)12(10)15)16-21(19,20)17-4-2-1-3-9(17)7-18/h5-6,9,16,18H,1-4,7H2. The number of piperidine rings is 1. The van der Waals surface area contributed by atoms with Gasteiger partial charge in [-0.15, -0.1) is 0 Å². The Morgan fingerprint density at radius 2 is 1.86 bits per heavy atom. The molecular weight excluding hydrogens is 309 g/mol. The smallest absolute Gasteiger partial charge is 0.301 e. The largest absolute Gasteiger partial charge is 0.395 e. The summed E-state index contributed by atoms with van der Waals surface area (Å²) in [6, 6.07) is 0.549. The van der Waals surface area contributed by atoms with Crippen molar-refractivity contribution < 1.29 is 26.7 Å². The third kappa shape index (κ3) is 3.47. The molecular formula is C12H15F3N2O3S. The quantitative estimate of drug-likeness (QED) is 0.827. The van der Waals surface area contributed by atoms with Gasteiger partial charge in [0.2, 0.25) is 0 Å². The van der Waals surface area contributed by atoms with E-state index in [1.54, 1.807) is 0 Å². The number of nitrogens with one attached hydrogen (secondary N) is 1. The van der Waals surface area contributed by atoms with E-state index in [2.05, 4.69) is 0 Å². The third-order valence-electron chi connectivity index (χ3n) is 3.32. The van der Waals surface area contributed by atoms with Gasteiger partial charge in [0.05, 0.1) is 12.3 Å². The molecule has 1 aliphatic rings. The molecule has 1 unspecified atom stereocenters. The molecule has 118 valence electrons. The third-order valence-corrected chi connectivity index (χ3v) is 4.92. The van der Waals surface area contributed by atoms with Crippen LogP contribution in [0, 0.1) is 17.5 Å². The van der Waals surface area contributed by atoms with Gasteiger partial charge in [0.15, 0.2) is 17.5 Å². The van der Waals surface area contributed by atoms with Crippen molar-refractivity contribution in [2.45, 2.75) is 25.3 Å². The van der Waals surface area contributed by atoms with Crippen molar-refractivity contribution in [1.29, 1.82) is 0 Å². The van der Waals surface area contributed by atoms with Crippen LogP contribution in [0.25, 0.3) is 0 Å². The highest BCUT2D eigenvalue weighted by Crippen LogP contribution is 2.23. The SMILES string of the molecule is O=S(=O)(Nc1cc(F)c(F)c(F)c1)N1CCCCC1CO. The Balaban J connectivity index is 2.24. The molecule has 21 heavy (non-hydrogen) atoms. The number of hydrogen-bond donors (Lipinski definition) is 2. The summed E-state index contributed by atoms with van der Waals surface area (Å²) in [4.78, 5) is 0. The van der Waals surface area contributed by atoms with Gasteiger partial charge in [-0.1, -0.05) is 6.42 Å². The van der Waals surface area contributed by atoms with Crippen LogP contribution in [-0.4, -0.2) is 37.0 Å². The molecule has 1 saturated heterocycles. The molecule has 2 rings (SSSR count). The van der Waals surface area contributed by atoms with Crippen LogP contribution in [0.2, 0.25) is 0 Å². The highest BCUT2D eigenvalue weighted by molar-refractivity contribution is 7.90. The van der Waals surface area contributed by atoms with Crippen molar-refractivity contribution in [3.05, 3.63) is 29.6 Å². The Kier molecular flexibility index (Phi) is 4.74. The zero-order valence-electron chi connectivity index (χ0n) is 11.0. The Bertz CT molecular complexity index is 601. The molecule has 1 fully saturated rings. The number of aliphatic hydroxyl groups excluding tert-OH is 1.